The van der Waals surface area contributed by atoms with Crippen LogP contribution in [0.4, 0.5) is 13.2 Å². The molecule has 0 aliphatic heterocycles. The van der Waals surface area contributed by atoms with Crippen LogP contribution in [0.5, 0.6) is 0 Å². The Labute approximate surface area is 154 Å². The predicted octanol–water partition coefficient (Wildman–Crippen LogP) is 4.54. The molecule has 8 heteroatoms. The fraction of sp³-hybridized carbons (Fsp3) is 0.333. The van der Waals surface area contributed by atoms with Crippen LogP contribution < -0.4 is 0 Å². The zero-order valence-corrected chi connectivity index (χ0v) is 15.3. The molecule has 0 radical (unpaired) electrons. The fourth-order valence-corrected chi connectivity index (χ4v) is 3.67. The Bertz CT molecular complexity index is 883. The number of hydrogen-bond acceptors (Lipinski definition) is 3. The largest absolute Gasteiger partial charge is 0.416 e. The van der Waals surface area contributed by atoms with E-state index in [2.05, 4.69) is 10.2 Å². The van der Waals surface area contributed by atoms with Gasteiger partial charge >= 0.3 is 6.18 Å². The Kier molecular flexibility index (Phi) is 5.41. The summed E-state index contributed by atoms with van der Waals surface area (Å²) in [4.78, 5) is 0. The SMILES string of the molecule is CCn1c(Cc2cccn2C)nnc1SCc1cccc(C(F)(F)F)c1. The van der Waals surface area contributed by atoms with Gasteiger partial charge in [0.15, 0.2) is 5.16 Å². The molecule has 0 amide bonds. The Balaban J connectivity index is 1.74. The first kappa shape index (κ1) is 18.6. The van der Waals surface area contributed by atoms with E-state index in [0.29, 0.717) is 29.4 Å². The lowest BCUT2D eigenvalue weighted by Gasteiger charge is -2.10. The molecular weight excluding hydrogens is 361 g/mol. The lowest BCUT2D eigenvalue weighted by Crippen LogP contribution is -2.06. The van der Waals surface area contributed by atoms with Crippen molar-refractivity contribution < 1.29 is 13.2 Å². The average molecular weight is 380 g/mol. The molecule has 0 saturated heterocycles. The topological polar surface area (TPSA) is 35.6 Å². The average Bonchev–Trinajstić information content (AvgIpc) is 3.19. The molecule has 2 heterocycles. The van der Waals surface area contributed by atoms with Crippen LogP contribution in [-0.4, -0.2) is 19.3 Å². The van der Waals surface area contributed by atoms with Gasteiger partial charge in [-0.25, -0.2) is 0 Å². The molecule has 2 aromatic heterocycles. The third-order valence-electron chi connectivity index (χ3n) is 4.12. The molecule has 4 nitrogen and oxygen atoms in total. The number of aryl methyl sites for hydroxylation is 1. The van der Waals surface area contributed by atoms with E-state index in [9.17, 15) is 13.2 Å². The highest BCUT2D eigenvalue weighted by Gasteiger charge is 2.30. The van der Waals surface area contributed by atoms with Crippen LogP contribution in [0.3, 0.4) is 0 Å². The van der Waals surface area contributed by atoms with E-state index in [1.54, 1.807) is 6.07 Å². The Morgan fingerprint density at radius 1 is 1.12 bits per heavy atom. The summed E-state index contributed by atoms with van der Waals surface area (Å²) in [5, 5.41) is 9.22. The van der Waals surface area contributed by atoms with Crippen molar-refractivity contribution in [2.75, 3.05) is 0 Å². The first-order valence-electron chi connectivity index (χ1n) is 8.19. The Morgan fingerprint density at radius 2 is 1.92 bits per heavy atom. The van der Waals surface area contributed by atoms with Crippen LogP contribution in [0.15, 0.2) is 47.8 Å². The smallest absolute Gasteiger partial charge is 0.354 e. The number of hydrogen-bond donors (Lipinski definition) is 0. The lowest BCUT2D eigenvalue weighted by atomic mass is 10.1. The first-order chi connectivity index (χ1) is 12.4. The number of thioether (sulfide) groups is 1. The van der Waals surface area contributed by atoms with Gasteiger partial charge in [-0.3, -0.25) is 0 Å². The second kappa shape index (κ2) is 7.57. The van der Waals surface area contributed by atoms with Crippen LogP contribution in [0.25, 0.3) is 0 Å². The van der Waals surface area contributed by atoms with Gasteiger partial charge in [0.2, 0.25) is 0 Å². The molecule has 0 unspecified atom stereocenters. The highest BCUT2D eigenvalue weighted by atomic mass is 32.2. The Hall–Kier alpha value is -2.22. The van der Waals surface area contributed by atoms with Crippen molar-refractivity contribution in [2.24, 2.45) is 7.05 Å². The lowest BCUT2D eigenvalue weighted by molar-refractivity contribution is -0.137. The van der Waals surface area contributed by atoms with E-state index >= 15 is 0 Å². The molecule has 26 heavy (non-hydrogen) atoms. The maximum absolute atomic E-state index is 12.8. The summed E-state index contributed by atoms with van der Waals surface area (Å²) in [5.74, 6) is 1.26. The van der Waals surface area contributed by atoms with Crippen molar-refractivity contribution >= 4 is 11.8 Å². The summed E-state index contributed by atoms with van der Waals surface area (Å²) in [5.41, 5.74) is 1.11. The van der Waals surface area contributed by atoms with Gasteiger partial charge in [-0.2, -0.15) is 13.2 Å². The van der Waals surface area contributed by atoms with Crippen molar-refractivity contribution in [3.05, 3.63) is 65.2 Å². The van der Waals surface area contributed by atoms with E-state index in [4.69, 9.17) is 0 Å². The van der Waals surface area contributed by atoms with E-state index < -0.39 is 11.7 Å². The van der Waals surface area contributed by atoms with Crippen LogP contribution in [0.1, 0.15) is 29.6 Å². The third kappa shape index (κ3) is 4.12. The van der Waals surface area contributed by atoms with E-state index in [1.165, 1.54) is 23.9 Å². The predicted molar refractivity (Wildman–Crippen MR) is 94.9 cm³/mol. The van der Waals surface area contributed by atoms with Crippen LogP contribution >= 0.6 is 11.8 Å². The summed E-state index contributed by atoms with van der Waals surface area (Å²) in [6.07, 6.45) is -1.69. The highest BCUT2D eigenvalue weighted by molar-refractivity contribution is 7.98. The molecule has 0 N–H and O–H groups in total. The monoisotopic (exact) mass is 380 g/mol. The van der Waals surface area contributed by atoms with E-state index in [0.717, 1.165) is 17.6 Å². The van der Waals surface area contributed by atoms with Crippen LogP contribution in [-0.2, 0) is 31.9 Å². The quantitative estimate of drug-likeness (QED) is 0.589. The number of benzene rings is 1. The van der Waals surface area contributed by atoms with Gasteiger partial charge in [0.25, 0.3) is 0 Å². The van der Waals surface area contributed by atoms with Gasteiger partial charge in [-0.05, 0) is 30.7 Å². The molecule has 0 atom stereocenters. The number of halogens is 3. The van der Waals surface area contributed by atoms with Crippen LogP contribution in [0.2, 0.25) is 0 Å². The molecule has 0 bridgehead atoms. The summed E-state index contributed by atoms with van der Waals surface area (Å²) in [6.45, 7) is 2.71. The number of alkyl halides is 3. The summed E-state index contributed by atoms with van der Waals surface area (Å²) < 4.78 is 42.5. The van der Waals surface area contributed by atoms with E-state index in [1.807, 2.05) is 41.4 Å². The van der Waals surface area contributed by atoms with Crippen molar-refractivity contribution in [3.8, 4) is 0 Å². The standard InChI is InChI=1S/C18H19F3N4S/c1-3-25-16(11-15-8-5-9-24(15)2)22-23-17(25)26-12-13-6-4-7-14(10-13)18(19,20)21/h4-10H,3,11-12H2,1-2H3. The van der Waals surface area contributed by atoms with Crippen molar-refractivity contribution in [3.63, 3.8) is 0 Å². The molecule has 0 spiro atoms. The minimum atomic E-state index is -4.33. The zero-order valence-electron chi connectivity index (χ0n) is 14.5. The zero-order chi connectivity index (χ0) is 18.7. The van der Waals surface area contributed by atoms with Gasteiger partial charge in [0.1, 0.15) is 5.82 Å². The van der Waals surface area contributed by atoms with Gasteiger partial charge in [-0.1, -0.05) is 30.0 Å². The van der Waals surface area contributed by atoms with Crippen molar-refractivity contribution in [2.45, 2.75) is 37.0 Å². The number of nitrogens with zero attached hydrogens (tertiary/aromatic N) is 4. The molecule has 0 fully saturated rings. The number of aromatic nitrogens is 4. The van der Waals surface area contributed by atoms with Crippen molar-refractivity contribution in [1.29, 1.82) is 0 Å². The summed E-state index contributed by atoms with van der Waals surface area (Å²) in [6, 6.07) is 9.41. The van der Waals surface area contributed by atoms with E-state index in [-0.39, 0.29) is 0 Å². The maximum Gasteiger partial charge on any atom is 0.416 e. The van der Waals surface area contributed by atoms with Gasteiger partial charge < -0.3 is 9.13 Å². The van der Waals surface area contributed by atoms with Crippen LogP contribution in [0, 0.1) is 0 Å². The fourth-order valence-electron chi connectivity index (χ4n) is 2.70. The summed E-state index contributed by atoms with van der Waals surface area (Å²) >= 11 is 1.40. The first-order valence-corrected chi connectivity index (χ1v) is 9.18. The molecular formula is C18H19F3N4S. The molecule has 3 aromatic rings. The molecule has 1 aromatic carbocycles. The van der Waals surface area contributed by atoms with Crippen molar-refractivity contribution in [1.82, 2.24) is 19.3 Å². The molecule has 0 saturated carbocycles. The molecule has 138 valence electrons. The molecule has 3 rings (SSSR count). The Morgan fingerprint density at radius 3 is 2.58 bits per heavy atom. The highest BCUT2D eigenvalue weighted by Crippen LogP contribution is 2.31. The minimum Gasteiger partial charge on any atom is -0.354 e. The third-order valence-corrected chi connectivity index (χ3v) is 5.16. The second-order valence-corrected chi connectivity index (χ2v) is 6.86. The second-order valence-electron chi connectivity index (χ2n) is 5.92. The molecule has 0 aliphatic carbocycles. The van der Waals surface area contributed by atoms with Gasteiger partial charge in [0.05, 0.1) is 5.56 Å². The number of rotatable bonds is 6. The van der Waals surface area contributed by atoms with Gasteiger partial charge in [-0.15, -0.1) is 10.2 Å². The summed E-state index contributed by atoms with van der Waals surface area (Å²) in [7, 11) is 1.98. The molecule has 0 aliphatic rings. The minimum absolute atomic E-state index is 0.409. The maximum atomic E-state index is 12.8. The van der Waals surface area contributed by atoms with Gasteiger partial charge in [0, 0.05) is 37.7 Å². The normalized spacial score (nSPS) is 11.9.